The minimum absolute atomic E-state index is 0.000407. The zero-order valence-electron chi connectivity index (χ0n) is 16.0. The quantitative estimate of drug-likeness (QED) is 0.892. The van der Waals surface area contributed by atoms with E-state index in [0.717, 1.165) is 42.9 Å². The number of likely N-dealkylation sites (tertiary alicyclic amines) is 1. The van der Waals surface area contributed by atoms with Crippen LogP contribution in [0.5, 0.6) is 11.5 Å². The average Bonchev–Trinajstić information content (AvgIpc) is 3.34. The molecule has 1 N–H and O–H groups in total. The van der Waals surface area contributed by atoms with Crippen molar-refractivity contribution in [2.24, 2.45) is 7.05 Å². The second kappa shape index (κ2) is 7.55. The second-order valence-corrected chi connectivity index (χ2v) is 7.21. The summed E-state index contributed by atoms with van der Waals surface area (Å²) in [7, 11) is 2.04. The first-order valence-electron chi connectivity index (χ1n) is 9.75. The fourth-order valence-corrected chi connectivity index (χ4v) is 4.07. The molecule has 2 amide bonds. The average molecular weight is 369 g/mol. The molecule has 1 aromatic heterocycles. The molecule has 1 saturated heterocycles. The predicted molar refractivity (Wildman–Crippen MR) is 103 cm³/mol. The molecule has 0 saturated carbocycles. The molecule has 4 rings (SSSR count). The highest BCUT2D eigenvalue weighted by Crippen LogP contribution is 2.35. The van der Waals surface area contributed by atoms with Crippen molar-refractivity contribution in [2.75, 3.05) is 19.8 Å². The first kappa shape index (κ1) is 17.8. The van der Waals surface area contributed by atoms with Gasteiger partial charge in [-0.3, -0.25) is 0 Å². The number of ether oxygens (including phenoxy) is 2. The Balaban J connectivity index is 1.49. The van der Waals surface area contributed by atoms with Gasteiger partial charge in [0.05, 0.1) is 12.1 Å². The number of hydrogen-bond donors (Lipinski definition) is 1. The molecule has 0 aliphatic carbocycles. The molecular formula is C21H27N3O3. The summed E-state index contributed by atoms with van der Waals surface area (Å²) < 4.78 is 13.4. The van der Waals surface area contributed by atoms with Crippen molar-refractivity contribution in [1.29, 1.82) is 0 Å². The number of urea groups is 1. The third-order valence-corrected chi connectivity index (χ3v) is 5.51. The maximum atomic E-state index is 13.0. The van der Waals surface area contributed by atoms with E-state index in [0.29, 0.717) is 13.2 Å². The molecule has 2 aliphatic heterocycles. The number of amides is 2. The smallest absolute Gasteiger partial charge is 0.318 e. The zero-order valence-corrected chi connectivity index (χ0v) is 16.0. The van der Waals surface area contributed by atoms with Crippen LogP contribution in [0.4, 0.5) is 4.79 Å². The summed E-state index contributed by atoms with van der Waals surface area (Å²) in [4.78, 5) is 15.0. The highest BCUT2D eigenvalue weighted by molar-refractivity contribution is 5.75. The maximum Gasteiger partial charge on any atom is 0.318 e. The standard InChI is InChI=1S/C21H27N3O3/c1-3-16(15-8-9-19-20(14-15)27-13-12-26-19)22-21(25)24-11-5-7-18(24)17-6-4-10-23(17)2/h4,6,8-10,14,16,18H,3,5,7,11-13H2,1-2H3,(H,22,25)/t16-,18+/m1/s1. The number of rotatable bonds is 4. The SMILES string of the molecule is CC[C@@H](NC(=O)N1CCC[C@H]1c1cccn1C)c1ccc2c(c1)OCCO2. The van der Waals surface area contributed by atoms with E-state index >= 15 is 0 Å². The first-order valence-corrected chi connectivity index (χ1v) is 9.75. The van der Waals surface area contributed by atoms with Gasteiger partial charge in [0.2, 0.25) is 0 Å². The third kappa shape index (κ3) is 3.48. The number of benzene rings is 1. The van der Waals surface area contributed by atoms with Gasteiger partial charge in [0.15, 0.2) is 11.5 Å². The lowest BCUT2D eigenvalue weighted by atomic mass is 10.0. The van der Waals surface area contributed by atoms with Gasteiger partial charge in [-0.25, -0.2) is 4.79 Å². The zero-order chi connectivity index (χ0) is 18.8. The van der Waals surface area contributed by atoms with Crippen LogP contribution < -0.4 is 14.8 Å². The minimum Gasteiger partial charge on any atom is -0.486 e. The van der Waals surface area contributed by atoms with Crippen LogP contribution in [0.15, 0.2) is 36.5 Å². The Morgan fingerprint density at radius 1 is 1.26 bits per heavy atom. The van der Waals surface area contributed by atoms with Gasteiger partial charge < -0.3 is 24.3 Å². The summed E-state index contributed by atoms with van der Waals surface area (Å²) in [5, 5.41) is 3.22. The van der Waals surface area contributed by atoms with Crippen LogP contribution in [0, 0.1) is 0 Å². The Hall–Kier alpha value is -2.63. The number of fused-ring (bicyclic) bond motifs is 1. The minimum atomic E-state index is -0.0528. The number of aryl methyl sites for hydroxylation is 1. The molecule has 1 aromatic carbocycles. The van der Waals surface area contributed by atoms with Crippen LogP contribution in [0.2, 0.25) is 0 Å². The molecule has 2 aromatic rings. The number of carbonyl (C=O) groups is 1. The summed E-state index contributed by atoms with van der Waals surface area (Å²) in [5.74, 6) is 1.53. The Morgan fingerprint density at radius 3 is 2.81 bits per heavy atom. The molecule has 0 unspecified atom stereocenters. The van der Waals surface area contributed by atoms with Crippen molar-refractivity contribution in [3.05, 3.63) is 47.8 Å². The Labute approximate surface area is 160 Å². The Bertz CT molecular complexity index is 817. The number of hydrogen-bond acceptors (Lipinski definition) is 3. The normalized spacial score (nSPS) is 19.8. The molecule has 6 nitrogen and oxygen atoms in total. The van der Waals surface area contributed by atoms with Crippen molar-refractivity contribution < 1.29 is 14.3 Å². The maximum absolute atomic E-state index is 13.0. The van der Waals surface area contributed by atoms with Crippen LogP contribution in [0.1, 0.15) is 49.5 Å². The largest absolute Gasteiger partial charge is 0.486 e. The van der Waals surface area contributed by atoms with Gasteiger partial charge in [-0.1, -0.05) is 13.0 Å². The van der Waals surface area contributed by atoms with Crippen LogP contribution in [0.3, 0.4) is 0 Å². The van der Waals surface area contributed by atoms with E-state index in [1.807, 2.05) is 42.4 Å². The van der Waals surface area contributed by atoms with Gasteiger partial charge in [-0.05, 0) is 49.1 Å². The van der Waals surface area contributed by atoms with E-state index in [1.165, 1.54) is 5.69 Å². The van der Waals surface area contributed by atoms with Crippen LogP contribution in [-0.2, 0) is 7.05 Å². The monoisotopic (exact) mass is 369 g/mol. The fraction of sp³-hybridized carbons (Fsp3) is 0.476. The molecule has 0 spiro atoms. The van der Waals surface area contributed by atoms with Crippen molar-refractivity contribution >= 4 is 6.03 Å². The van der Waals surface area contributed by atoms with Gasteiger partial charge in [0.1, 0.15) is 13.2 Å². The van der Waals surface area contributed by atoms with Crippen LogP contribution in [0.25, 0.3) is 0 Å². The molecule has 1 fully saturated rings. The second-order valence-electron chi connectivity index (χ2n) is 7.21. The van der Waals surface area contributed by atoms with Crippen molar-refractivity contribution in [3.8, 4) is 11.5 Å². The lowest BCUT2D eigenvalue weighted by Gasteiger charge is -2.28. The van der Waals surface area contributed by atoms with Gasteiger partial charge in [-0.15, -0.1) is 0 Å². The first-order chi connectivity index (χ1) is 13.2. The van der Waals surface area contributed by atoms with E-state index in [2.05, 4.69) is 22.9 Å². The topological polar surface area (TPSA) is 55.7 Å². The lowest BCUT2D eigenvalue weighted by molar-refractivity contribution is 0.171. The van der Waals surface area contributed by atoms with Crippen LogP contribution in [-0.4, -0.2) is 35.3 Å². The molecule has 3 heterocycles. The van der Waals surface area contributed by atoms with Crippen molar-refractivity contribution in [1.82, 2.24) is 14.8 Å². The van der Waals surface area contributed by atoms with E-state index < -0.39 is 0 Å². The van der Waals surface area contributed by atoms with Gasteiger partial charge >= 0.3 is 6.03 Å². The van der Waals surface area contributed by atoms with E-state index in [1.54, 1.807) is 0 Å². The number of aromatic nitrogens is 1. The number of nitrogens with zero attached hydrogens (tertiary/aromatic N) is 2. The molecule has 2 aliphatic rings. The van der Waals surface area contributed by atoms with Crippen molar-refractivity contribution in [3.63, 3.8) is 0 Å². The van der Waals surface area contributed by atoms with Gasteiger partial charge in [0.25, 0.3) is 0 Å². The molecule has 2 atom stereocenters. The fourth-order valence-electron chi connectivity index (χ4n) is 4.07. The molecule has 27 heavy (non-hydrogen) atoms. The predicted octanol–water partition coefficient (Wildman–Crippen LogP) is 3.79. The Morgan fingerprint density at radius 2 is 2.07 bits per heavy atom. The molecule has 0 bridgehead atoms. The summed E-state index contributed by atoms with van der Waals surface area (Å²) in [5.41, 5.74) is 2.24. The summed E-state index contributed by atoms with van der Waals surface area (Å²) in [6.07, 6.45) is 4.89. The van der Waals surface area contributed by atoms with E-state index in [9.17, 15) is 4.79 Å². The van der Waals surface area contributed by atoms with E-state index in [-0.39, 0.29) is 18.1 Å². The molecular weight excluding hydrogens is 342 g/mol. The number of carbonyl (C=O) groups excluding carboxylic acids is 1. The summed E-state index contributed by atoms with van der Waals surface area (Å²) >= 11 is 0. The molecule has 0 radical (unpaired) electrons. The molecule has 144 valence electrons. The van der Waals surface area contributed by atoms with E-state index in [4.69, 9.17) is 9.47 Å². The van der Waals surface area contributed by atoms with Crippen molar-refractivity contribution in [2.45, 2.75) is 38.3 Å². The summed E-state index contributed by atoms with van der Waals surface area (Å²) in [6.45, 7) is 4.02. The molecule has 6 heteroatoms. The highest BCUT2D eigenvalue weighted by Gasteiger charge is 2.32. The Kier molecular flexibility index (Phi) is 4.97. The summed E-state index contributed by atoms with van der Waals surface area (Å²) in [6, 6.07) is 10.2. The van der Waals surface area contributed by atoms with Crippen LogP contribution >= 0.6 is 0 Å². The number of nitrogens with one attached hydrogen (secondary N) is 1. The van der Waals surface area contributed by atoms with Gasteiger partial charge in [0, 0.05) is 25.5 Å². The highest BCUT2D eigenvalue weighted by atomic mass is 16.6. The van der Waals surface area contributed by atoms with Gasteiger partial charge in [-0.2, -0.15) is 0 Å². The third-order valence-electron chi connectivity index (χ3n) is 5.51. The lowest BCUT2D eigenvalue weighted by Crippen LogP contribution is -2.41.